The maximum absolute atomic E-state index is 13.1. The van der Waals surface area contributed by atoms with Crippen LogP contribution in [0.4, 0.5) is 5.13 Å². The molecule has 0 aliphatic carbocycles. The molecule has 144 valence electrons. The second kappa shape index (κ2) is 9.14. The van der Waals surface area contributed by atoms with Gasteiger partial charge < -0.3 is 9.64 Å². The van der Waals surface area contributed by atoms with E-state index in [4.69, 9.17) is 9.72 Å². The van der Waals surface area contributed by atoms with Gasteiger partial charge in [0.2, 0.25) is 0 Å². The maximum Gasteiger partial charge on any atom is 0.270 e. The van der Waals surface area contributed by atoms with Crippen molar-refractivity contribution in [3.63, 3.8) is 0 Å². The van der Waals surface area contributed by atoms with Crippen LogP contribution in [0.3, 0.4) is 0 Å². The molecule has 0 saturated carbocycles. The van der Waals surface area contributed by atoms with Gasteiger partial charge in [-0.05, 0) is 80.2 Å². The summed E-state index contributed by atoms with van der Waals surface area (Å²) < 4.78 is 7.55. The van der Waals surface area contributed by atoms with Gasteiger partial charge >= 0.3 is 0 Å². The number of fused-ring (bicyclic) bond motifs is 1. The number of rotatable bonds is 8. The Morgan fingerprint density at radius 2 is 2.00 bits per heavy atom. The third-order valence-corrected chi connectivity index (χ3v) is 6.56. The largest absolute Gasteiger partial charge is 0.494 e. The number of hydrogen-bond donors (Lipinski definition) is 0. The van der Waals surface area contributed by atoms with Crippen molar-refractivity contribution >= 4 is 59.9 Å². The molecule has 0 bridgehead atoms. The van der Waals surface area contributed by atoms with Crippen LogP contribution >= 0.6 is 38.6 Å². The molecule has 2 heterocycles. The van der Waals surface area contributed by atoms with Crippen molar-refractivity contribution in [3.8, 4) is 5.75 Å². The molecule has 3 rings (SSSR count). The fourth-order valence-corrected chi connectivity index (χ4v) is 5.01. The molecule has 0 N–H and O–H groups in total. The number of anilines is 1. The number of thiazole rings is 1. The van der Waals surface area contributed by atoms with Crippen molar-refractivity contribution in [3.05, 3.63) is 39.0 Å². The molecule has 0 atom stereocenters. The monoisotopic (exact) mass is 467 g/mol. The highest BCUT2D eigenvalue weighted by Gasteiger charge is 2.22. The van der Waals surface area contributed by atoms with Crippen molar-refractivity contribution in [1.82, 2.24) is 9.88 Å². The summed E-state index contributed by atoms with van der Waals surface area (Å²) in [5.74, 6) is 0.821. The first-order chi connectivity index (χ1) is 13.0. The Morgan fingerprint density at radius 1 is 1.19 bits per heavy atom. The lowest BCUT2D eigenvalue weighted by Gasteiger charge is -2.20. The van der Waals surface area contributed by atoms with Crippen LogP contribution in [-0.2, 0) is 0 Å². The predicted octanol–water partition coefficient (Wildman–Crippen LogP) is 5.12. The number of aromatic nitrogens is 1. The lowest BCUT2D eigenvalue weighted by atomic mass is 10.3. The van der Waals surface area contributed by atoms with Crippen LogP contribution < -0.4 is 9.64 Å². The molecule has 0 radical (unpaired) electrons. The Labute approximate surface area is 175 Å². The van der Waals surface area contributed by atoms with Gasteiger partial charge in [-0.3, -0.25) is 9.69 Å². The average Bonchev–Trinajstić information content (AvgIpc) is 3.24. The smallest absolute Gasteiger partial charge is 0.270 e. The van der Waals surface area contributed by atoms with E-state index in [9.17, 15) is 4.79 Å². The number of ether oxygens (including phenoxy) is 1. The number of benzene rings is 1. The lowest BCUT2D eigenvalue weighted by molar-refractivity contribution is 0.0990. The fourth-order valence-electron chi connectivity index (χ4n) is 2.66. The van der Waals surface area contributed by atoms with Crippen LogP contribution in [0.25, 0.3) is 10.2 Å². The van der Waals surface area contributed by atoms with Gasteiger partial charge in [-0.1, -0.05) is 11.3 Å². The van der Waals surface area contributed by atoms with E-state index < -0.39 is 0 Å². The van der Waals surface area contributed by atoms with Gasteiger partial charge in [0.1, 0.15) is 5.75 Å². The van der Waals surface area contributed by atoms with Crippen LogP contribution in [0.15, 0.2) is 34.1 Å². The van der Waals surface area contributed by atoms with Crippen LogP contribution in [0.5, 0.6) is 5.75 Å². The maximum atomic E-state index is 13.1. The molecule has 1 amide bonds. The third-order valence-electron chi connectivity index (χ3n) is 3.91. The third kappa shape index (κ3) is 5.07. The average molecular weight is 468 g/mol. The van der Waals surface area contributed by atoms with Gasteiger partial charge in [0.05, 0.1) is 25.5 Å². The molecule has 0 unspecified atom stereocenters. The molecule has 0 fully saturated rings. The fraction of sp³-hybridized carbons (Fsp3) is 0.368. The number of thiophene rings is 1. The van der Waals surface area contributed by atoms with Crippen molar-refractivity contribution in [1.29, 1.82) is 0 Å². The van der Waals surface area contributed by atoms with Crippen molar-refractivity contribution in [2.24, 2.45) is 0 Å². The summed E-state index contributed by atoms with van der Waals surface area (Å²) in [5, 5.41) is 0.729. The predicted molar refractivity (Wildman–Crippen MR) is 118 cm³/mol. The molecule has 0 spiro atoms. The van der Waals surface area contributed by atoms with Gasteiger partial charge in [0.25, 0.3) is 5.91 Å². The van der Waals surface area contributed by atoms with Gasteiger partial charge in [0, 0.05) is 6.54 Å². The Bertz CT molecular complexity index is 923. The standard InChI is InChI=1S/C19H22BrN3O2S2/c1-4-25-13-6-7-14-16(12-13)27-19(21-14)23(11-5-10-22(2)3)18(24)15-8-9-17(20)26-15/h6-9,12H,4-5,10-11H2,1-3H3. The minimum Gasteiger partial charge on any atom is -0.494 e. The quantitative estimate of drug-likeness (QED) is 0.461. The van der Waals surface area contributed by atoms with E-state index >= 15 is 0 Å². The molecule has 0 aliphatic rings. The Morgan fingerprint density at radius 3 is 2.67 bits per heavy atom. The number of carbonyl (C=O) groups excluding carboxylic acids is 1. The Balaban J connectivity index is 1.91. The minimum absolute atomic E-state index is 0.00598. The first kappa shape index (κ1) is 20.3. The molecule has 0 saturated heterocycles. The lowest BCUT2D eigenvalue weighted by Crippen LogP contribution is -2.32. The SMILES string of the molecule is CCOc1ccc2nc(N(CCCN(C)C)C(=O)c3ccc(Br)s3)sc2c1. The Hall–Kier alpha value is -1.48. The molecule has 27 heavy (non-hydrogen) atoms. The summed E-state index contributed by atoms with van der Waals surface area (Å²) in [4.78, 5) is 22.5. The summed E-state index contributed by atoms with van der Waals surface area (Å²) in [5.41, 5.74) is 0.885. The summed E-state index contributed by atoms with van der Waals surface area (Å²) in [6.07, 6.45) is 0.880. The van der Waals surface area contributed by atoms with Gasteiger partial charge in [0.15, 0.2) is 5.13 Å². The topological polar surface area (TPSA) is 45.7 Å². The van der Waals surface area contributed by atoms with Crippen LogP contribution in [-0.4, -0.2) is 49.6 Å². The second-order valence-electron chi connectivity index (χ2n) is 6.28. The zero-order valence-corrected chi connectivity index (χ0v) is 18.8. The second-order valence-corrected chi connectivity index (χ2v) is 9.75. The van der Waals surface area contributed by atoms with E-state index in [1.807, 2.05) is 51.4 Å². The number of carbonyl (C=O) groups is 1. The van der Waals surface area contributed by atoms with E-state index in [1.165, 1.54) is 22.7 Å². The highest BCUT2D eigenvalue weighted by atomic mass is 79.9. The Kier molecular flexibility index (Phi) is 6.86. The first-order valence-corrected chi connectivity index (χ1v) is 11.2. The number of amides is 1. The molecular weight excluding hydrogens is 446 g/mol. The molecule has 5 nitrogen and oxygen atoms in total. The van der Waals surface area contributed by atoms with Crippen LogP contribution in [0.2, 0.25) is 0 Å². The van der Waals surface area contributed by atoms with Crippen LogP contribution in [0.1, 0.15) is 23.0 Å². The highest BCUT2D eigenvalue weighted by molar-refractivity contribution is 9.11. The molecule has 3 aromatic rings. The van der Waals surface area contributed by atoms with E-state index in [1.54, 1.807) is 4.90 Å². The van der Waals surface area contributed by atoms with Crippen LogP contribution in [0, 0.1) is 0 Å². The minimum atomic E-state index is -0.00598. The van der Waals surface area contributed by atoms with E-state index in [0.717, 1.165) is 37.8 Å². The molecule has 8 heteroatoms. The first-order valence-electron chi connectivity index (χ1n) is 8.73. The van der Waals surface area contributed by atoms with Crippen molar-refractivity contribution < 1.29 is 9.53 Å². The van der Waals surface area contributed by atoms with E-state index in [2.05, 4.69) is 20.8 Å². The van der Waals surface area contributed by atoms with E-state index in [-0.39, 0.29) is 5.91 Å². The van der Waals surface area contributed by atoms with Gasteiger partial charge in [-0.15, -0.1) is 11.3 Å². The van der Waals surface area contributed by atoms with Gasteiger partial charge in [-0.2, -0.15) is 0 Å². The summed E-state index contributed by atoms with van der Waals surface area (Å²) in [7, 11) is 4.07. The van der Waals surface area contributed by atoms with Crippen molar-refractivity contribution in [2.75, 3.05) is 38.7 Å². The summed E-state index contributed by atoms with van der Waals surface area (Å²) in [6.45, 7) is 4.13. The number of hydrogen-bond acceptors (Lipinski definition) is 6. The molecular formula is C19H22BrN3O2S2. The molecule has 2 aromatic heterocycles. The highest BCUT2D eigenvalue weighted by Crippen LogP contribution is 2.33. The summed E-state index contributed by atoms with van der Waals surface area (Å²) >= 11 is 6.42. The van der Waals surface area contributed by atoms with E-state index in [0.29, 0.717) is 18.0 Å². The zero-order valence-electron chi connectivity index (χ0n) is 15.6. The number of nitrogens with zero attached hydrogens (tertiary/aromatic N) is 3. The normalized spacial score (nSPS) is 11.3. The summed E-state index contributed by atoms with van der Waals surface area (Å²) in [6, 6.07) is 9.62. The zero-order chi connectivity index (χ0) is 19.4. The molecule has 1 aromatic carbocycles. The molecule has 0 aliphatic heterocycles. The van der Waals surface area contributed by atoms with Gasteiger partial charge in [-0.25, -0.2) is 4.98 Å². The number of halogens is 1. The van der Waals surface area contributed by atoms with Crippen molar-refractivity contribution in [2.45, 2.75) is 13.3 Å².